The van der Waals surface area contributed by atoms with Crippen LogP contribution in [0.3, 0.4) is 0 Å². The lowest BCUT2D eigenvalue weighted by molar-refractivity contribution is -0.143. The minimum absolute atomic E-state index is 0.0164. The van der Waals surface area contributed by atoms with E-state index in [4.69, 9.17) is 4.74 Å². The smallest absolute Gasteiger partial charge is 0.305 e. The van der Waals surface area contributed by atoms with Crippen LogP contribution in [0.5, 0.6) is 0 Å². The Morgan fingerprint density at radius 1 is 0.326 bits per heavy atom. The Hall–Kier alpha value is -1.92. The molecule has 0 aromatic carbocycles. The van der Waals surface area contributed by atoms with Crippen molar-refractivity contribution in [2.75, 3.05) is 13.2 Å². The summed E-state index contributed by atoms with van der Waals surface area (Å²) in [6, 6.07) is -0.623. The average molecular weight is 1210 g/mol. The molecule has 0 aliphatic carbocycles. The Morgan fingerprint density at radius 3 is 0.895 bits per heavy atom. The van der Waals surface area contributed by atoms with Gasteiger partial charge in [-0.3, -0.25) is 9.59 Å². The third-order valence-electron chi connectivity index (χ3n) is 18.4. The summed E-state index contributed by atoms with van der Waals surface area (Å²) >= 11 is 0. The largest absolute Gasteiger partial charge is 0.466 e. The highest BCUT2D eigenvalue weighted by molar-refractivity contribution is 5.76. The van der Waals surface area contributed by atoms with E-state index in [9.17, 15) is 19.8 Å². The highest BCUT2D eigenvalue weighted by Crippen LogP contribution is 2.20. The zero-order valence-corrected chi connectivity index (χ0v) is 58.3. The number of esters is 1. The molecular formula is C80H153NO5. The van der Waals surface area contributed by atoms with Gasteiger partial charge in [-0.05, 0) is 64.2 Å². The molecule has 1 amide bonds. The van der Waals surface area contributed by atoms with Crippen LogP contribution < -0.4 is 5.32 Å². The molecule has 0 aliphatic heterocycles. The molecule has 0 heterocycles. The molecule has 6 nitrogen and oxygen atoms in total. The second kappa shape index (κ2) is 75.5. The van der Waals surface area contributed by atoms with Gasteiger partial charge in [0.1, 0.15) is 0 Å². The van der Waals surface area contributed by atoms with Gasteiger partial charge in [0.15, 0.2) is 0 Å². The number of hydrogen-bond donors (Lipinski definition) is 3. The lowest BCUT2D eigenvalue weighted by atomic mass is 10.0. The number of ether oxygens (including phenoxy) is 1. The normalized spacial score (nSPS) is 12.7. The molecular weight excluding hydrogens is 1050 g/mol. The number of aliphatic hydroxyl groups is 2. The molecule has 0 aromatic rings. The van der Waals surface area contributed by atoms with Gasteiger partial charge in [-0.1, -0.05) is 397 Å². The van der Waals surface area contributed by atoms with Gasteiger partial charge in [-0.2, -0.15) is 0 Å². The number of carbonyl (C=O) groups excluding carboxylic acids is 2. The maximum Gasteiger partial charge on any atom is 0.305 e. The number of allylic oxidation sites excluding steroid dienone is 5. The molecule has 2 atom stereocenters. The topological polar surface area (TPSA) is 95.9 Å². The summed E-state index contributed by atoms with van der Waals surface area (Å²) in [4.78, 5) is 24.6. The molecule has 0 aromatic heterocycles. The van der Waals surface area contributed by atoms with Crippen LogP contribution in [0.4, 0.5) is 0 Å². The molecule has 0 saturated heterocycles. The third-order valence-corrected chi connectivity index (χ3v) is 18.4. The van der Waals surface area contributed by atoms with Crippen LogP contribution in [0.2, 0.25) is 0 Å². The molecule has 508 valence electrons. The van der Waals surface area contributed by atoms with Gasteiger partial charge in [0.2, 0.25) is 5.91 Å². The van der Waals surface area contributed by atoms with Crippen molar-refractivity contribution in [3.63, 3.8) is 0 Å². The van der Waals surface area contributed by atoms with Crippen molar-refractivity contribution in [3.05, 3.63) is 36.5 Å². The second-order valence-corrected chi connectivity index (χ2v) is 27.0. The van der Waals surface area contributed by atoms with E-state index in [0.29, 0.717) is 19.4 Å². The van der Waals surface area contributed by atoms with E-state index < -0.39 is 12.1 Å². The minimum atomic E-state index is -0.840. The highest BCUT2D eigenvalue weighted by atomic mass is 16.5. The summed E-state index contributed by atoms with van der Waals surface area (Å²) in [7, 11) is 0. The number of carbonyl (C=O) groups is 2. The maximum absolute atomic E-state index is 12.5. The second-order valence-electron chi connectivity index (χ2n) is 27.0. The number of nitrogens with one attached hydrogen (secondary N) is 1. The van der Waals surface area contributed by atoms with Gasteiger partial charge in [0.05, 0.1) is 25.4 Å². The van der Waals surface area contributed by atoms with E-state index in [2.05, 4.69) is 43.5 Å². The predicted molar refractivity (Wildman–Crippen MR) is 379 cm³/mol. The van der Waals surface area contributed by atoms with Crippen molar-refractivity contribution in [2.45, 2.75) is 450 Å². The summed E-state index contributed by atoms with van der Waals surface area (Å²) in [5.74, 6) is -0.0435. The highest BCUT2D eigenvalue weighted by Gasteiger charge is 2.18. The predicted octanol–water partition coefficient (Wildman–Crippen LogP) is 25.8. The Labute approximate surface area is 538 Å². The van der Waals surface area contributed by atoms with E-state index in [0.717, 1.165) is 51.4 Å². The molecule has 0 spiro atoms. The first-order valence-corrected chi connectivity index (χ1v) is 39.3. The molecule has 0 rings (SSSR count). The fourth-order valence-corrected chi connectivity index (χ4v) is 12.4. The molecule has 6 heteroatoms. The molecule has 0 fully saturated rings. The zero-order chi connectivity index (χ0) is 62.0. The van der Waals surface area contributed by atoms with Crippen LogP contribution in [-0.2, 0) is 14.3 Å². The molecule has 0 aliphatic rings. The van der Waals surface area contributed by atoms with Crippen molar-refractivity contribution in [3.8, 4) is 0 Å². The van der Waals surface area contributed by atoms with Crippen LogP contribution in [0.15, 0.2) is 36.5 Å². The quantitative estimate of drug-likeness (QED) is 0.0320. The van der Waals surface area contributed by atoms with Crippen LogP contribution >= 0.6 is 0 Å². The van der Waals surface area contributed by atoms with Crippen LogP contribution in [-0.4, -0.2) is 47.4 Å². The summed E-state index contributed by atoms with van der Waals surface area (Å²) in [5.41, 5.74) is 0. The van der Waals surface area contributed by atoms with Crippen molar-refractivity contribution < 1.29 is 24.5 Å². The van der Waals surface area contributed by atoms with Crippen LogP contribution in [0.25, 0.3) is 0 Å². The van der Waals surface area contributed by atoms with Gasteiger partial charge >= 0.3 is 5.97 Å². The van der Waals surface area contributed by atoms with E-state index in [1.165, 1.54) is 360 Å². The summed E-state index contributed by atoms with van der Waals surface area (Å²) in [6.45, 7) is 4.92. The van der Waals surface area contributed by atoms with Crippen molar-refractivity contribution in [2.24, 2.45) is 0 Å². The number of rotatable bonds is 74. The van der Waals surface area contributed by atoms with Crippen LogP contribution in [0.1, 0.15) is 438 Å². The molecule has 86 heavy (non-hydrogen) atoms. The fourth-order valence-electron chi connectivity index (χ4n) is 12.4. The first-order chi connectivity index (χ1) is 42.5. The number of unbranched alkanes of at least 4 members (excludes halogenated alkanes) is 59. The molecule has 0 saturated carbocycles. The van der Waals surface area contributed by atoms with Crippen molar-refractivity contribution in [1.29, 1.82) is 0 Å². The Bertz CT molecular complexity index is 1390. The SMILES string of the molecule is CCCCCC/C=C\C/C=C\CCCCCCCCCC(=O)OCCCCCCCCCCCCCCCCCCCCCCCCCCCCCCCCCCCCCCCC(=O)NC(CO)C(O)/C=C/CCCCCCCCCCCCCC. The van der Waals surface area contributed by atoms with E-state index in [1.54, 1.807) is 6.08 Å². The molecule has 3 N–H and O–H groups in total. The van der Waals surface area contributed by atoms with E-state index >= 15 is 0 Å². The number of aliphatic hydroxyl groups excluding tert-OH is 2. The summed E-state index contributed by atoms with van der Waals surface area (Å²) < 4.78 is 5.51. The first kappa shape index (κ1) is 84.1. The number of hydrogen-bond acceptors (Lipinski definition) is 5. The molecule has 0 bridgehead atoms. The molecule has 2 unspecified atom stereocenters. The van der Waals surface area contributed by atoms with Crippen molar-refractivity contribution >= 4 is 11.9 Å². The lowest BCUT2D eigenvalue weighted by Gasteiger charge is -2.20. The van der Waals surface area contributed by atoms with Gasteiger partial charge in [0, 0.05) is 12.8 Å². The maximum atomic E-state index is 12.5. The average Bonchev–Trinajstić information content (AvgIpc) is 3.51. The van der Waals surface area contributed by atoms with Gasteiger partial charge in [0.25, 0.3) is 0 Å². The zero-order valence-electron chi connectivity index (χ0n) is 58.3. The fraction of sp³-hybridized carbons (Fsp3) is 0.900. The lowest BCUT2D eigenvalue weighted by Crippen LogP contribution is -2.45. The van der Waals surface area contributed by atoms with E-state index in [-0.39, 0.29) is 18.5 Å². The summed E-state index contributed by atoms with van der Waals surface area (Å²) in [6.07, 6.45) is 98.5. The minimum Gasteiger partial charge on any atom is -0.466 e. The van der Waals surface area contributed by atoms with Crippen LogP contribution in [0, 0.1) is 0 Å². The monoisotopic (exact) mass is 1210 g/mol. The van der Waals surface area contributed by atoms with Gasteiger partial charge in [-0.15, -0.1) is 0 Å². The Morgan fingerprint density at radius 2 is 0.581 bits per heavy atom. The standard InChI is InChI=1S/C80H153NO5/c1-3-5-7-9-11-13-15-17-19-20-43-46-50-54-58-62-66-70-74-80(85)86-75-71-67-63-59-55-51-47-44-41-39-37-35-33-31-29-27-25-23-21-22-24-26-28-30-32-34-36-38-40-42-45-49-53-57-61-65-69-73-79(84)81-77(76-82)78(83)72-68-64-60-56-52-48-18-16-14-12-10-8-6-4-2/h13,15,19-20,68,72,77-78,82-83H,3-12,14,16-18,21-67,69-71,73-76H2,1-2H3,(H,81,84)/b15-13-,20-19-,72-68+. The summed E-state index contributed by atoms with van der Waals surface area (Å²) in [5, 5.41) is 23.2. The van der Waals surface area contributed by atoms with Gasteiger partial charge in [-0.25, -0.2) is 0 Å². The number of amides is 1. The third kappa shape index (κ3) is 71.2. The Balaban J connectivity index is 3.30. The molecule has 0 radical (unpaired) electrons. The van der Waals surface area contributed by atoms with Gasteiger partial charge < -0.3 is 20.3 Å². The first-order valence-electron chi connectivity index (χ1n) is 39.3. The van der Waals surface area contributed by atoms with Crippen molar-refractivity contribution in [1.82, 2.24) is 5.32 Å². The Kier molecular flexibility index (Phi) is 73.9. The van der Waals surface area contributed by atoms with E-state index in [1.807, 2.05) is 6.08 Å².